The van der Waals surface area contributed by atoms with Crippen molar-refractivity contribution in [2.45, 2.75) is 27.3 Å². The number of carbonyl (C=O) groups is 1. The van der Waals surface area contributed by atoms with E-state index >= 15 is 0 Å². The molecule has 4 nitrogen and oxygen atoms in total. The van der Waals surface area contributed by atoms with Gasteiger partial charge in [0.2, 0.25) is 0 Å². The fourth-order valence-electron chi connectivity index (χ4n) is 2.24. The van der Waals surface area contributed by atoms with Crippen molar-refractivity contribution in [1.29, 1.82) is 0 Å². The van der Waals surface area contributed by atoms with E-state index in [1.165, 1.54) is 18.2 Å². The van der Waals surface area contributed by atoms with Crippen LogP contribution in [0, 0.1) is 19.7 Å². The lowest BCUT2D eigenvalue weighted by molar-refractivity contribution is 0.0697. The molecule has 1 aromatic heterocycles. The van der Waals surface area contributed by atoms with Gasteiger partial charge in [-0.2, -0.15) is 5.10 Å². The number of rotatable bonds is 3. The summed E-state index contributed by atoms with van der Waals surface area (Å²) in [5, 5.41) is 13.3. The summed E-state index contributed by atoms with van der Waals surface area (Å²) in [4.78, 5) is 11.0. The van der Waals surface area contributed by atoms with Crippen molar-refractivity contribution in [2.24, 2.45) is 0 Å². The minimum Gasteiger partial charge on any atom is -0.478 e. The third kappa shape index (κ3) is 2.23. The number of benzene rings is 1. The summed E-state index contributed by atoms with van der Waals surface area (Å²) in [5.74, 6) is -1.51. The average molecular weight is 262 g/mol. The molecule has 1 heterocycles. The molecule has 2 rings (SSSR count). The molecule has 0 spiro atoms. The van der Waals surface area contributed by atoms with Gasteiger partial charge in [-0.3, -0.25) is 4.68 Å². The molecule has 0 saturated heterocycles. The highest BCUT2D eigenvalue weighted by Gasteiger charge is 2.17. The van der Waals surface area contributed by atoms with Crippen LogP contribution in [0.15, 0.2) is 18.2 Å². The Labute approximate surface area is 110 Å². The molecule has 0 unspecified atom stereocenters. The number of aromatic carboxylic acids is 1. The standard InChI is InChI=1S/C14H15FN2O2/c1-4-17-9(3)13(8(2)16-17)11-7-10(14(18)19)5-6-12(11)15/h5-7H,4H2,1-3H3,(H,18,19). The molecule has 0 amide bonds. The summed E-state index contributed by atoms with van der Waals surface area (Å²) in [5.41, 5.74) is 2.55. The first kappa shape index (κ1) is 13.3. The molecule has 1 N–H and O–H groups in total. The predicted molar refractivity (Wildman–Crippen MR) is 69.7 cm³/mol. The number of hydrogen-bond donors (Lipinski definition) is 1. The summed E-state index contributed by atoms with van der Waals surface area (Å²) < 4.78 is 15.7. The van der Waals surface area contributed by atoms with Crippen molar-refractivity contribution in [3.8, 4) is 11.1 Å². The monoisotopic (exact) mass is 262 g/mol. The van der Waals surface area contributed by atoms with Crippen LogP contribution in [0.3, 0.4) is 0 Å². The maximum absolute atomic E-state index is 14.0. The van der Waals surface area contributed by atoms with E-state index in [2.05, 4.69) is 5.10 Å². The van der Waals surface area contributed by atoms with Crippen LogP contribution in [-0.2, 0) is 6.54 Å². The van der Waals surface area contributed by atoms with Crippen LogP contribution in [0.4, 0.5) is 4.39 Å². The lowest BCUT2D eigenvalue weighted by Gasteiger charge is -2.06. The van der Waals surface area contributed by atoms with Crippen molar-refractivity contribution in [1.82, 2.24) is 9.78 Å². The number of hydrogen-bond acceptors (Lipinski definition) is 2. The molecule has 19 heavy (non-hydrogen) atoms. The Morgan fingerprint density at radius 3 is 2.63 bits per heavy atom. The van der Waals surface area contributed by atoms with E-state index in [1.807, 2.05) is 13.8 Å². The number of halogens is 1. The largest absolute Gasteiger partial charge is 0.478 e. The van der Waals surface area contributed by atoms with Gasteiger partial charge in [0.15, 0.2) is 0 Å². The van der Waals surface area contributed by atoms with Gasteiger partial charge in [0.25, 0.3) is 0 Å². The van der Waals surface area contributed by atoms with Gasteiger partial charge in [-0.05, 0) is 39.0 Å². The van der Waals surface area contributed by atoms with Gasteiger partial charge in [-0.25, -0.2) is 9.18 Å². The number of carboxylic acid groups (broad SMARTS) is 1. The van der Waals surface area contributed by atoms with Gasteiger partial charge >= 0.3 is 5.97 Å². The zero-order valence-electron chi connectivity index (χ0n) is 11.1. The van der Waals surface area contributed by atoms with Crippen LogP contribution < -0.4 is 0 Å². The quantitative estimate of drug-likeness (QED) is 0.925. The maximum Gasteiger partial charge on any atom is 0.335 e. The normalized spacial score (nSPS) is 10.7. The molecule has 1 aromatic carbocycles. The van der Waals surface area contributed by atoms with Crippen LogP contribution >= 0.6 is 0 Å². The number of aromatic nitrogens is 2. The Balaban J connectivity index is 2.68. The van der Waals surface area contributed by atoms with Crippen molar-refractivity contribution in [3.63, 3.8) is 0 Å². The Morgan fingerprint density at radius 1 is 1.42 bits per heavy atom. The zero-order valence-corrected chi connectivity index (χ0v) is 11.1. The summed E-state index contributed by atoms with van der Waals surface area (Å²) in [6.07, 6.45) is 0. The molecule has 0 radical (unpaired) electrons. The molecule has 0 aliphatic rings. The maximum atomic E-state index is 14.0. The summed E-state index contributed by atoms with van der Waals surface area (Å²) in [6.45, 7) is 6.28. The Bertz CT molecular complexity index is 647. The van der Waals surface area contributed by atoms with E-state index in [0.29, 0.717) is 17.8 Å². The second-order valence-corrected chi connectivity index (χ2v) is 4.36. The van der Waals surface area contributed by atoms with E-state index in [-0.39, 0.29) is 11.1 Å². The van der Waals surface area contributed by atoms with Crippen molar-refractivity contribution < 1.29 is 14.3 Å². The number of carboxylic acids is 1. The lowest BCUT2D eigenvalue weighted by atomic mass is 10.0. The molecule has 5 heteroatoms. The second kappa shape index (κ2) is 4.84. The molecule has 0 saturated carbocycles. The third-order valence-electron chi connectivity index (χ3n) is 3.16. The first-order valence-electron chi connectivity index (χ1n) is 6.03. The van der Waals surface area contributed by atoms with Gasteiger partial charge in [-0.15, -0.1) is 0 Å². The van der Waals surface area contributed by atoms with Gasteiger partial charge in [0.1, 0.15) is 5.82 Å². The Kier molecular flexibility index (Phi) is 3.38. The van der Waals surface area contributed by atoms with Gasteiger partial charge < -0.3 is 5.11 Å². The minimum absolute atomic E-state index is 0.0689. The predicted octanol–water partition coefficient (Wildman–Crippen LogP) is 3.02. The van der Waals surface area contributed by atoms with Crippen molar-refractivity contribution in [3.05, 3.63) is 41.0 Å². The Hall–Kier alpha value is -2.17. The minimum atomic E-state index is -1.07. The molecular formula is C14H15FN2O2. The van der Waals surface area contributed by atoms with Crippen LogP contribution in [0.25, 0.3) is 11.1 Å². The molecular weight excluding hydrogens is 247 g/mol. The van der Waals surface area contributed by atoms with Crippen LogP contribution in [0.1, 0.15) is 28.7 Å². The van der Waals surface area contributed by atoms with Crippen LogP contribution in [0.5, 0.6) is 0 Å². The number of nitrogens with zero attached hydrogens (tertiary/aromatic N) is 2. The summed E-state index contributed by atoms with van der Waals surface area (Å²) >= 11 is 0. The molecule has 2 aromatic rings. The molecule has 0 fully saturated rings. The summed E-state index contributed by atoms with van der Waals surface area (Å²) in [7, 11) is 0. The van der Waals surface area contributed by atoms with Gasteiger partial charge in [-0.1, -0.05) is 0 Å². The van der Waals surface area contributed by atoms with Crippen LogP contribution in [-0.4, -0.2) is 20.9 Å². The van der Waals surface area contributed by atoms with Crippen LogP contribution in [0.2, 0.25) is 0 Å². The SMILES string of the molecule is CCn1nc(C)c(-c2cc(C(=O)O)ccc2F)c1C. The topological polar surface area (TPSA) is 55.1 Å². The zero-order chi connectivity index (χ0) is 14.2. The molecule has 100 valence electrons. The van der Waals surface area contributed by atoms with E-state index in [4.69, 9.17) is 5.11 Å². The van der Waals surface area contributed by atoms with E-state index < -0.39 is 11.8 Å². The smallest absolute Gasteiger partial charge is 0.335 e. The molecule has 0 aliphatic carbocycles. The Morgan fingerprint density at radius 2 is 2.11 bits per heavy atom. The van der Waals surface area contributed by atoms with E-state index in [0.717, 1.165) is 5.69 Å². The highest BCUT2D eigenvalue weighted by molar-refractivity contribution is 5.89. The lowest BCUT2D eigenvalue weighted by Crippen LogP contribution is -2.00. The van der Waals surface area contributed by atoms with E-state index in [9.17, 15) is 9.18 Å². The fourth-order valence-corrected chi connectivity index (χ4v) is 2.24. The summed E-state index contributed by atoms with van der Waals surface area (Å²) in [6, 6.07) is 3.80. The third-order valence-corrected chi connectivity index (χ3v) is 3.16. The molecule has 0 bridgehead atoms. The first-order valence-corrected chi connectivity index (χ1v) is 6.03. The fraction of sp³-hybridized carbons (Fsp3) is 0.286. The first-order chi connectivity index (χ1) is 8.95. The van der Waals surface area contributed by atoms with Gasteiger partial charge in [0, 0.05) is 23.4 Å². The molecule has 0 atom stereocenters. The highest BCUT2D eigenvalue weighted by atomic mass is 19.1. The highest BCUT2D eigenvalue weighted by Crippen LogP contribution is 2.30. The molecule has 0 aliphatic heterocycles. The number of aryl methyl sites for hydroxylation is 2. The second-order valence-electron chi connectivity index (χ2n) is 4.36. The van der Waals surface area contributed by atoms with E-state index in [1.54, 1.807) is 11.6 Å². The van der Waals surface area contributed by atoms with Crippen molar-refractivity contribution >= 4 is 5.97 Å². The van der Waals surface area contributed by atoms with Crippen molar-refractivity contribution in [2.75, 3.05) is 0 Å². The average Bonchev–Trinajstić information content (AvgIpc) is 2.65. The van der Waals surface area contributed by atoms with Gasteiger partial charge in [0.05, 0.1) is 11.3 Å².